The largest absolute Gasteiger partial charge is 0.359 e. The van der Waals surface area contributed by atoms with Crippen LogP contribution in [0.1, 0.15) is 11.3 Å². The number of anilines is 1. The van der Waals surface area contributed by atoms with E-state index in [-0.39, 0.29) is 0 Å². The lowest BCUT2D eigenvalue weighted by Crippen LogP contribution is -2.21. The lowest BCUT2D eigenvalue weighted by molar-refractivity contribution is 0.847. The fourth-order valence-corrected chi connectivity index (χ4v) is 1.75. The number of nitrogens with two attached hydrogens (primary N) is 1. The van der Waals surface area contributed by atoms with E-state index in [9.17, 15) is 0 Å². The molecule has 2 aromatic rings. The normalized spacial score (nSPS) is 10.3. The summed E-state index contributed by atoms with van der Waals surface area (Å²) in [5.74, 6) is 0.965. The third-order valence-electron chi connectivity index (χ3n) is 2.88. The molecule has 4 heteroatoms. The molecule has 0 amide bonds. The van der Waals surface area contributed by atoms with Crippen LogP contribution >= 0.6 is 0 Å². The van der Waals surface area contributed by atoms with Crippen LogP contribution in [0.25, 0.3) is 0 Å². The first-order valence-corrected chi connectivity index (χ1v) is 6.05. The molecule has 0 atom stereocenters. The summed E-state index contributed by atoms with van der Waals surface area (Å²) in [6, 6.07) is 10.0. The van der Waals surface area contributed by atoms with E-state index in [2.05, 4.69) is 14.9 Å². The summed E-state index contributed by atoms with van der Waals surface area (Å²) in [4.78, 5) is 10.6. The minimum Gasteiger partial charge on any atom is -0.359 e. The molecule has 0 aliphatic heterocycles. The summed E-state index contributed by atoms with van der Waals surface area (Å²) in [6.45, 7) is 1.40. The van der Waals surface area contributed by atoms with Gasteiger partial charge in [0.25, 0.3) is 0 Å². The summed E-state index contributed by atoms with van der Waals surface area (Å²) in [5.41, 5.74) is 7.80. The van der Waals surface area contributed by atoms with E-state index in [0.717, 1.165) is 24.5 Å². The van der Waals surface area contributed by atoms with Crippen LogP contribution in [0, 0.1) is 0 Å². The van der Waals surface area contributed by atoms with E-state index >= 15 is 0 Å². The van der Waals surface area contributed by atoms with Crippen molar-refractivity contribution in [1.82, 2.24) is 9.97 Å². The van der Waals surface area contributed by atoms with E-state index in [1.807, 2.05) is 49.8 Å². The number of hydrogen-bond donors (Lipinski definition) is 1. The molecule has 0 aromatic carbocycles. The van der Waals surface area contributed by atoms with E-state index in [0.29, 0.717) is 6.54 Å². The van der Waals surface area contributed by atoms with Crippen LogP contribution in [-0.4, -0.2) is 23.6 Å². The Bertz CT molecular complexity index is 484. The van der Waals surface area contributed by atoms with Crippen LogP contribution in [0.2, 0.25) is 0 Å². The smallest absolute Gasteiger partial charge is 0.128 e. The van der Waals surface area contributed by atoms with Crippen LogP contribution in [0.3, 0.4) is 0 Å². The third kappa shape index (κ3) is 3.28. The molecule has 0 unspecified atom stereocenters. The summed E-state index contributed by atoms with van der Waals surface area (Å²) in [6.07, 6.45) is 4.62. The van der Waals surface area contributed by atoms with Gasteiger partial charge in [-0.1, -0.05) is 6.07 Å². The predicted octanol–water partition coefficient (Wildman–Crippen LogP) is 1.61. The predicted molar refractivity (Wildman–Crippen MR) is 73.3 cm³/mol. The van der Waals surface area contributed by atoms with Gasteiger partial charge in [0.2, 0.25) is 0 Å². The molecule has 2 aromatic heterocycles. The number of pyridine rings is 2. The molecule has 0 spiro atoms. The van der Waals surface area contributed by atoms with Crippen molar-refractivity contribution in [2.24, 2.45) is 5.73 Å². The zero-order valence-corrected chi connectivity index (χ0v) is 10.6. The maximum Gasteiger partial charge on any atom is 0.128 e. The Morgan fingerprint density at radius 1 is 1.17 bits per heavy atom. The molecule has 0 radical (unpaired) electrons. The van der Waals surface area contributed by atoms with Crippen molar-refractivity contribution in [2.75, 3.05) is 18.5 Å². The molecule has 0 aliphatic carbocycles. The van der Waals surface area contributed by atoms with Crippen LogP contribution in [0.4, 0.5) is 5.82 Å². The summed E-state index contributed by atoms with van der Waals surface area (Å²) >= 11 is 0. The van der Waals surface area contributed by atoms with Crippen molar-refractivity contribution in [1.29, 1.82) is 0 Å². The zero-order chi connectivity index (χ0) is 12.8. The second kappa shape index (κ2) is 6.12. The maximum atomic E-state index is 5.60. The van der Waals surface area contributed by atoms with Gasteiger partial charge in [0, 0.05) is 32.5 Å². The molecular formula is C14H18N4. The minimum absolute atomic E-state index is 0.478. The molecule has 2 N–H and O–H groups in total. The van der Waals surface area contributed by atoms with Gasteiger partial charge in [0.15, 0.2) is 0 Å². The second-order valence-electron chi connectivity index (χ2n) is 4.22. The topological polar surface area (TPSA) is 55.0 Å². The quantitative estimate of drug-likeness (QED) is 0.865. The van der Waals surface area contributed by atoms with E-state index in [1.165, 1.54) is 5.56 Å². The molecule has 94 valence electrons. The van der Waals surface area contributed by atoms with Crippen molar-refractivity contribution >= 4 is 5.82 Å². The molecule has 18 heavy (non-hydrogen) atoms. The van der Waals surface area contributed by atoms with E-state index in [1.54, 1.807) is 0 Å². The van der Waals surface area contributed by atoms with Crippen molar-refractivity contribution in [3.8, 4) is 0 Å². The fourth-order valence-electron chi connectivity index (χ4n) is 1.75. The Kier molecular flexibility index (Phi) is 4.25. The van der Waals surface area contributed by atoms with E-state index in [4.69, 9.17) is 5.73 Å². The van der Waals surface area contributed by atoms with Gasteiger partial charge in [0.1, 0.15) is 5.82 Å². The SMILES string of the molecule is CN(CCc1ccncc1)c1cccc(CN)n1. The number of aromatic nitrogens is 2. The first kappa shape index (κ1) is 12.5. The molecule has 0 fully saturated rings. The highest BCUT2D eigenvalue weighted by Crippen LogP contribution is 2.10. The average Bonchev–Trinajstić information content (AvgIpc) is 2.46. The molecular weight excluding hydrogens is 224 g/mol. The van der Waals surface area contributed by atoms with Gasteiger partial charge < -0.3 is 10.6 Å². The molecule has 0 saturated carbocycles. The van der Waals surface area contributed by atoms with Gasteiger partial charge in [-0.05, 0) is 36.2 Å². The highest BCUT2D eigenvalue weighted by Gasteiger charge is 2.03. The maximum absolute atomic E-state index is 5.60. The van der Waals surface area contributed by atoms with Crippen molar-refractivity contribution in [3.63, 3.8) is 0 Å². The van der Waals surface area contributed by atoms with Gasteiger partial charge >= 0.3 is 0 Å². The highest BCUT2D eigenvalue weighted by atomic mass is 15.2. The fraction of sp³-hybridized carbons (Fsp3) is 0.286. The third-order valence-corrected chi connectivity index (χ3v) is 2.88. The number of nitrogens with zero attached hydrogens (tertiary/aromatic N) is 3. The Labute approximate surface area is 107 Å². The van der Waals surface area contributed by atoms with Crippen LogP contribution < -0.4 is 10.6 Å². The van der Waals surface area contributed by atoms with Crippen molar-refractivity contribution in [2.45, 2.75) is 13.0 Å². The van der Waals surface area contributed by atoms with E-state index < -0.39 is 0 Å². The second-order valence-corrected chi connectivity index (χ2v) is 4.22. The van der Waals surface area contributed by atoms with Gasteiger partial charge in [-0.15, -0.1) is 0 Å². The molecule has 4 nitrogen and oxygen atoms in total. The summed E-state index contributed by atoms with van der Waals surface area (Å²) in [5, 5.41) is 0. The number of hydrogen-bond acceptors (Lipinski definition) is 4. The summed E-state index contributed by atoms with van der Waals surface area (Å²) < 4.78 is 0. The molecule has 0 bridgehead atoms. The van der Waals surface area contributed by atoms with Gasteiger partial charge in [0.05, 0.1) is 5.69 Å². The minimum atomic E-state index is 0.478. The summed E-state index contributed by atoms with van der Waals surface area (Å²) in [7, 11) is 2.05. The van der Waals surface area contributed by atoms with Gasteiger partial charge in [-0.3, -0.25) is 4.98 Å². The van der Waals surface area contributed by atoms with Crippen molar-refractivity contribution < 1.29 is 0 Å². The number of likely N-dealkylation sites (N-methyl/N-ethyl adjacent to an activating group) is 1. The van der Waals surface area contributed by atoms with Crippen LogP contribution in [-0.2, 0) is 13.0 Å². The lowest BCUT2D eigenvalue weighted by Gasteiger charge is -2.18. The zero-order valence-electron chi connectivity index (χ0n) is 10.6. The monoisotopic (exact) mass is 242 g/mol. The highest BCUT2D eigenvalue weighted by molar-refractivity contribution is 5.38. The first-order chi connectivity index (χ1) is 8.79. The van der Waals surface area contributed by atoms with Crippen LogP contribution in [0.5, 0.6) is 0 Å². The Hall–Kier alpha value is -1.94. The van der Waals surface area contributed by atoms with Crippen molar-refractivity contribution in [3.05, 3.63) is 54.0 Å². The van der Waals surface area contributed by atoms with Gasteiger partial charge in [-0.25, -0.2) is 4.98 Å². The van der Waals surface area contributed by atoms with Crippen LogP contribution in [0.15, 0.2) is 42.7 Å². The standard InChI is InChI=1S/C14H18N4/c1-18(10-7-12-5-8-16-9-6-12)14-4-2-3-13(11-15)17-14/h2-6,8-9H,7,10-11,15H2,1H3. The average molecular weight is 242 g/mol. The molecule has 2 heterocycles. The number of rotatable bonds is 5. The molecule has 2 rings (SSSR count). The Morgan fingerprint density at radius 3 is 2.67 bits per heavy atom. The lowest BCUT2D eigenvalue weighted by atomic mass is 10.2. The van der Waals surface area contributed by atoms with Gasteiger partial charge in [-0.2, -0.15) is 0 Å². The Morgan fingerprint density at radius 2 is 1.94 bits per heavy atom. The first-order valence-electron chi connectivity index (χ1n) is 6.05. The molecule has 0 saturated heterocycles. The Balaban J connectivity index is 1.97. The molecule has 0 aliphatic rings.